The second-order valence-corrected chi connectivity index (χ2v) is 5.47. The van der Waals surface area contributed by atoms with Gasteiger partial charge in [-0.3, -0.25) is 0 Å². The summed E-state index contributed by atoms with van der Waals surface area (Å²) in [4.78, 5) is 4.38. The summed E-state index contributed by atoms with van der Waals surface area (Å²) in [7, 11) is 1.64. The molecular formula is C12H21N3O2. The van der Waals surface area contributed by atoms with Crippen LogP contribution in [-0.2, 0) is 16.8 Å². The zero-order valence-electron chi connectivity index (χ0n) is 10.8. The predicted molar refractivity (Wildman–Crippen MR) is 63.4 cm³/mol. The van der Waals surface area contributed by atoms with Crippen LogP contribution in [-0.4, -0.2) is 22.8 Å². The van der Waals surface area contributed by atoms with Crippen molar-refractivity contribution in [2.24, 2.45) is 5.73 Å². The first-order valence-corrected chi connectivity index (χ1v) is 6.12. The topological polar surface area (TPSA) is 74.2 Å². The second-order valence-electron chi connectivity index (χ2n) is 5.47. The fraction of sp³-hybridized carbons (Fsp3) is 0.833. The Morgan fingerprint density at radius 1 is 1.41 bits per heavy atom. The molecule has 2 rings (SSSR count). The molecule has 0 saturated heterocycles. The highest BCUT2D eigenvalue weighted by molar-refractivity contribution is 5.02. The molecule has 1 heterocycles. The van der Waals surface area contributed by atoms with E-state index in [1.165, 1.54) is 12.8 Å². The molecule has 0 aliphatic heterocycles. The van der Waals surface area contributed by atoms with E-state index in [0.717, 1.165) is 12.8 Å². The van der Waals surface area contributed by atoms with Crippen LogP contribution in [0.4, 0.5) is 0 Å². The van der Waals surface area contributed by atoms with Gasteiger partial charge in [0.15, 0.2) is 0 Å². The molecule has 17 heavy (non-hydrogen) atoms. The molecule has 1 aliphatic carbocycles. The Morgan fingerprint density at radius 3 is 2.65 bits per heavy atom. The lowest BCUT2D eigenvalue weighted by Gasteiger charge is -2.20. The zero-order valence-corrected chi connectivity index (χ0v) is 10.8. The first-order chi connectivity index (χ1) is 7.95. The van der Waals surface area contributed by atoms with Gasteiger partial charge in [-0.1, -0.05) is 18.0 Å². The Bertz CT molecular complexity index is 381. The predicted octanol–water partition coefficient (Wildman–Crippen LogP) is 1.77. The number of rotatable bonds is 4. The van der Waals surface area contributed by atoms with Crippen molar-refractivity contribution in [3.05, 3.63) is 11.7 Å². The first-order valence-electron chi connectivity index (χ1n) is 6.12. The summed E-state index contributed by atoms with van der Waals surface area (Å²) in [5, 5.41) is 3.97. The third kappa shape index (κ3) is 2.66. The first kappa shape index (κ1) is 12.5. The summed E-state index contributed by atoms with van der Waals surface area (Å²) in [6.45, 7) is 3.82. The lowest BCUT2D eigenvalue weighted by Crippen LogP contribution is -2.38. The number of hydrogen-bond donors (Lipinski definition) is 1. The van der Waals surface area contributed by atoms with E-state index in [2.05, 4.69) is 10.1 Å². The highest BCUT2D eigenvalue weighted by Gasteiger charge is 2.33. The molecular weight excluding hydrogens is 218 g/mol. The van der Waals surface area contributed by atoms with Crippen LogP contribution in [0.2, 0.25) is 0 Å². The van der Waals surface area contributed by atoms with E-state index >= 15 is 0 Å². The van der Waals surface area contributed by atoms with Crippen LogP contribution >= 0.6 is 0 Å². The van der Waals surface area contributed by atoms with Gasteiger partial charge in [0, 0.05) is 19.1 Å². The van der Waals surface area contributed by atoms with Gasteiger partial charge in [-0.25, -0.2) is 0 Å². The van der Waals surface area contributed by atoms with Crippen LogP contribution in [0, 0.1) is 0 Å². The molecule has 0 spiro atoms. The Hall–Kier alpha value is -0.940. The molecule has 2 N–H and O–H groups in total. The summed E-state index contributed by atoms with van der Waals surface area (Å²) in [6.07, 6.45) is 5.14. The van der Waals surface area contributed by atoms with Gasteiger partial charge in [0.05, 0.1) is 0 Å². The van der Waals surface area contributed by atoms with Crippen molar-refractivity contribution in [2.45, 2.75) is 57.1 Å². The number of aromatic nitrogens is 2. The fourth-order valence-electron chi connectivity index (χ4n) is 2.22. The van der Waals surface area contributed by atoms with E-state index < -0.39 is 5.60 Å². The molecule has 0 atom stereocenters. The van der Waals surface area contributed by atoms with E-state index in [1.54, 1.807) is 7.11 Å². The van der Waals surface area contributed by atoms with Crippen LogP contribution < -0.4 is 5.73 Å². The molecule has 5 nitrogen and oxygen atoms in total. The molecule has 1 aliphatic rings. The highest BCUT2D eigenvalue weighted by atomic mass is 16.5. The monoisotopic (exact) mass is 239 g/mol. The molecule has 96 valence electrons. The highest BCUT2D eigenvalue weighted by Crippen LogP contribution is 2.30. The van der Waals surface area contributed by atoms with E-state index in [-0.39, 0.29) is 5.54 Å². The van der Waals surface area contributed by atoms with Crippen molar-refractivity contribution in [3.63, 3.8) is 0 Å². The average molecular weight is 239 g/mol. The van der Waals surface area contributed by atoms with Crippen molar-refractivity contribution < 1.29 is 9.26 Å². The third-order valence-electron chi connectivity index (χ3n) is 3.62. The van der Waals surface area contributed by atoms with Crippen LogP contribution in [0.5, 0.6) is 0 Å². The summed E-state index contributed by atoms with van der Waals surface area (Å²) in [5.41, 5.74) is 5.62. The minimum absolute atomic E-state index is 0.152. The van der Waals surface area contributed by atoms with E-state index in [0.29, 0.717) is 18.1 Å². The number of nitrogens with zero attached hydrogens (tertiary/aromatic N) is 2. The molecule has 0 radical (unpaired) electrons. The van der Waals surface area contributed by atoms with Crippen LogP contribution in [0.15, 0.2) is 4.52 Å². The maximum absolute atomic E-state index is 6.28. The molecule has 0 unspecified atom stereocenters. The zero-order chi connectivity index (χ0) is 12.5. The van der Waals surface area contributed by atoms with Gasteiger partial charge >= 0.3 is 0 Å². The molecule has 1 aromatic heterocycles. The molecule has 1 aromatic rings. The maximum atomic E-state index is 6.28. The molecule has 1 fully saturated rings. The lowest BCUT2D eigenvalue weighted by molar-refractivity contribution is 0.00973. The lowest BCUT2D eigenvalue weighted by atomic mass is 9.95. The van der Waals surface area contributed by atoms with Gasteiger partial charge < -0.3 is 15.0 Å². The smallest absolute Gasteiger partial charge is 0.228 e. The van der Waals surface area contributed by atoms with Crippen molar-refractivity contribution >= 4 is 0 Å². The SMILES string of the molecule is COC(C)(C)c1noc(CC2(N)CCCC2)n1. The molecule has 1 saturated carbocycles. The van der Waals surface area contributed by atoms with E-state index in [1.807, 2.05) is 13.8 Å². The van der Waals surface area contributed by atoms with Gasteiger partial charge in [0.1, 0.15) is 5.60 Å². The Balaban J connectivity index is 2.08. The number of nitrogens with two attached hydrogens (primary N) is 1. The summed E-state index contributed by atoms with van der Waals surface area (Å²) < 4.78 is 10.6. The standard InChI is InChI=1S/C12H21N3O2/c1-11(2,16-3)10-14-9(17-15-10)8-12(13)6-4-5-7-12/h4-8,13H2,1-3H3. The second kappa shape index (κ2) is 4.38. The number of ether oxygens (including phenoxy) is 1. The minimum Gasteiger partial charge on any atom is -0.371 e. The maximum Gasteiger partial charge on any atom is 0.228 e. The van der Waals surface area contributed by atoms with Gasteiger partial charge in [0.2, 0.25) is 11.7 Å². The number of methoxy groups -OCH3 is 1. The minimum atomic E-state index is -0.515. The van der Waals surface area contributed by atoms with Crippen molar-refractivity contribution in [3.8, 4) is 0 Å². The van der Waals surface area contributed by atoms with Crippen LogP contribution in [0.25, 0.3) is 0 Å². The molecule has 0 aromatic carbocycles. The number of hydrogen-bond acceptors (Lipinski definition) is 5. The Labute approximate surface area is 102 Å². The van der Waals surface area contributed by atoms with Crippen molar-refractivity contribution in [1.82, 2.24) is 10.1 Å². The summed E-state index contributed by atoms with van der Waals surface area (Å²) >= 11 is 0. The summed E-state index contributed by atoms with van der Waals surface area (Å²) in [5.74, 6) is 1.20. The van der Waals surface area contributed by atoms with Crippen LogP contribution in [0.3, 0.4) is 0 Å². The van der Waals surface area contributed by atoms with Crippen molar-refractivity contribution in [2.75, 3.05) is 7.11 Å². The van der Waals surface area contributed by atoms with Gasteiger partial charge in [-0.2, -0.15) is 4.98 Å². The van der Waals surface area contributed by atoms with Gasteiger partial charge in [-0.05, 0) is 26.7 Å². The van der Waals surface area contributed by atoms with E-state index in [4.69, 9.17) is 15.0 Å². The average Bonchev–Trinajstić information content (AvgIpc) is 2.88. The normalized spacial score (nSPS) is 19.8. The largest absolute Gasteiger partial charge is 0.371 e. The van der Waals surface area contributed by atoms with Crippen molar-refractivity contribution in [1.29, 1.82) is 0 Å². The van der Waals surface area contributed by atoms with Gasteiger partial charge in [-0.15, -0.1) is 0 Å². The Kier molecular flexibility index (Phi) is 3.23. The molecule has 5 heteroatoms. The fourth-order valence-corrected chi connectivity index (χ4v) is 2.22. The van der Waals surface area contributed by atoms with E-state index in [9.17, 15) is 0 Å². The third-order valence-corrected chi connectivity index (χ3v) is 3.62. The molecule has 0 amide bonds. The molecule has 0 bridgehead atoms. The Morgan fingerprint density at radius 2 is 2.06 bits per heavy atom. The van der Waals surface area contributed by atoms with Gasteiger partial charge in [0.25, 0.3) is 0 Å². The summed E-state index contributed by atoms with van der Waals surface area (Å²) in [6, 6.07) is 0. The quantitative estimate of drug-likeness (QED) is 0.866. The van der Waals surface area contributed by atoms with Crippen LogP contribution in [0.1, 0.15) is 51.2 Å².